The largest absolute Gasteiger partial charge is 0.468 e. The maximum absolute atomic E-state index is 12.3. The molecular formula is C18H16O5. The van der Waals surface area contributed by atoms with Crippen molar-refractivity contribution in [1.82, 2.24) is 0 Å². The van der Waals surface area contributed by atoms with Crippen molar-refractivity contribution in [3.8, 4) is 11.5 Å². The van der Waals surface area contributed by atoms with E-state index >= 15 is 0 Å². The van der Waals surface area contributed by atoms with Crippen LogP contribution in [0.1, 0.15) is 17.0 Å². The molecule has 1 heterocycles. The molecule has 5 nitrogen and oxygen atoms in total. The molecule has 0 aliphatic carbocycles. The number of benzene rings is 2. The smallest absolute Gasteiger partial charge is 0.321 e. The Balaban J connectivity index is 2.20. The van der Waals surface area contributed by atoms with E-state index in [1.807, 2.05) is 48.5 Å². The monoisotopic (exact) mass is 312 g/mol. The van der Waals surface area contributed by atoms with Gasteiger partial charge in [0, 0.05) is 17.0 Å². The lowest BCUT2D eigenvalue weighted by molar-refractivity contribution is -0.159. The third kappa shape index (κ3) is 2.54. The molecule has 0 radical (unpaired) electrons. The Hall–Kier alpha value is -2.82. The maximum atomic E-state index is 12.3. The lowest BCUT2D eigenvalue weighted by Gasteiger charge is -2.31. The molecule has 2 aromatic rings. The Bertz CT molecular complexity index is 691. The first-order valence-electron chi connectivity index (χ1n) is 7.18. The molecule has 0 aromatic heterocycles. The van der Waals surface area contributed by atoms with Gasteiger partial charge in [-0.1, -0.05) is 36.4 Å². The summed E-state index contributed by atoms with van der Waals surface area (Å²) in [4.78, 5) is 24.5. The minimum absolute atomic E-state index is 0.518. The summed E-state index contributed by atoms with van der Waals surface area (Å²) in [6.07, 6.45) is 0. The zero-order valence-corrected chi connectivity index (χ0v) is 12.8. The lowest BCUT2D eigenvalue weighted by atomic mass is 9.78. The molecule has 3 rings (SSSR count). The standard InChI is InChI=1S/C18H16O5/c1-21-17(19)16(18(20)22-2)15-11-7-3-5-9-13(11)23-14-10-6-4-8-12(14)15/h3-10,15-16H,1-2H3. The van der Waals surface area contributed by atoms with E-state index in [-0.39, 0.29) is 0 Å². The topological polar surface area (TPSA) is 61.8 Å². The molecule has 0 fully saturated rings. The average Bonchev–Trinajstić information content (AvgIpc) is 2.60. The van der Waals surface area contributed by atoms with E-state index in [4.69, 9.17) is 14.2 Å². The van der Waals surface area contributed by atoms with Gasteiger partial charge in [-0.05, 0) is 12.1 Å². The molecule has 0 amide bonds. The number of hydrogen-bond acceptors (Lipinski definition) is 5. The summed E-state index contributed by atoms with van der Waals surface area (Å²) in [7, 11) is 2.52. The van der Waals surface area contributed by atoms with Crippen molar-refractivity contribution in [2.45, 2.75) is 5.92 Å². The summed E-state index contributed by atoms with van der Waals surface area (Å²) in [5, 5.41) is 0. The van der Waals surface area contributed by atoms with Crippen LogP contribution in [0.25, 0.3) is 0 Å². The van der Waals surface area contributed by atoms with Gasteiger partial charge in [-0.15, -0.1) is 0 Å². The van der Waals surface area contributed by atoms with Crippen molar-refractivity contribution < 1.29 is 23.8 Å². The second-order valence-electron chi connectivity index (χ2n) is 5.18. The first kappa shape index (κ1) is 15.1. The fraction of sp³-hybridized carbons (Fsp3) is 0.222. The highest BCUT2D eigenvalue weighted by Gasteiger charge is 2.43. The number of carbonyl (C=O) groups is 2. The number of esters is 2. The van der Waals surface area contributed by atoms with Gasteiger partial charge in [-0.25, -0.2) is 0 Å². The second-order valence-corrected chi connectivity index (χ2v) is 5.18. The van der Waals surface area contributed by atoms with E-state index in [0.29, 0.717) is 11.5 Å². The fourth-order valence-corrected chi connectivity index (χ4v) is 2.93. The van der Waals surface area contributed by atoms with E-state index < -0.39 is 23.8 Å². The second kappa shape index (κ2) is 6.12. The zero-order chi connectivity index (χ0) is 16.4. The van der Waals surface area contributed by atoms with Crippen LogP contribution in [0.2, 0.25) is 0 Å². The van der Waals surface area contributed by atoms with Crippen LogP contribution >= 0.6 is 0 Å². The van der Waals surface area contributed by atoms with Gasteiger partial charge in [0.25, 0.3) is 0 Å². The van der Waals surface area contributed by atoms with Gasteiger partial charge >= 0.3 is 11.9 Å². The minimum Gasteiger partial charge on any atom is -0.468 e. The first-order valence-corrected chi connectivity index (χ1v) is 7.18. The van der Waals surface area contributed by atoms with Crippen LogP contribution in [0.4, 0.5) is 0 Å². The molecule has 1 aliphatic rings. The zero-order valence-electron chi connectivity index (χ0n) is 12.8. The summed E-state index contributed by atoms with van der Waals surface area (Å²) in [6.45, 7) is 0. The lowest BCUT2D eigenvalue weighted by Crippen LogP contribution is -2.34. The van der Waals surface area contributed by atoms with Crippen LogP contribution in [0.3, 0.4) is 0 Å². The van der Waals surface area contributed by atoms with Crippen molar-refractivity contribution in [2.24, 2.45) is 5.92 Å². The molecule has 0 unspecified atom stereocenters. The number of carbonyl (C=O) groups excluding carboxylic acids is 2. The highest BCUT2D eigenvalue weighted by molar-refractivity contribution is 5.97. The summed E-state index contributed by atoms with van der Waals surface area (Å²) in [6, 6.07) is 14.7. The SMILES string of the molecule is COC(=O)C(C(=O)OC)C1c2ccccc2Oc2ccccc21. The van der Waals surface area contributed by atoms with Gasteiger partial charge in [0.2, 0.25) is 0 Å². The van der Waals surface area contributed by atoms with Gasteiger partial charge in [0.15, 0.2) is 5.92 Å². The Morgan fingerprint density at radius 2 is 1.30 bits per heavy atom. The molecule has 2 aromatic carbocycles. The van der Waals surface area contributed by atoms with Crippen LogP contribution in [0, 0.1) is 5.92 Å². The molecule has 0 atom stereocenters. The molecule has 0 N–H and O–H groups in total. The van der Waals surface area contributed by atoms with Gasteiger partial charge in [0.05, 0.1) is 14.2 Å². The highest BCUT2D eigenvalue weighted by Crippen LogP contribution is 2.47. The molecule has 23 heavy (non-hydrogen) atoms. The molecule has 0 bridgehead atoms. The molecule has 0 saturated heterocycles. The summed E-state index contributed by atoms with van der Waals surface area (Å²) in [5.74, 6) is -1.63. The fourth-order valence-electron chi connectivity index (χ4n) is 2.93. The van der Waals surface area contributed by atoms with Gasteiger partial charge in [-0.3, -0.25) is 9.59 Å². The Kier molecular flexibility index (Phi) is 4.02. The van der Waals surface area contributed by atoms with Crippen LogP contribution in [0.15, 0.2) is 48.5 Å². The number of fused-ring (bicyclic) bond motifs is 2. The van der Waals surface area contributed by atoms with E-state index in [1.165, 1.54) is 14.2 Å². The van der Waals surface area contributed by atoms with Crippen molar-refractivity contribution in [3.05, 3.63) is 59.7 Å². The summed E-state index contributed by atoms with van der Waals surface area (Å²) in [5.41, 5.74) is 1.51. The van der Waals surface area contributed by atoms with E-state index in [0.717, 1.165) is 11.1 Å². The van der Waals surface area contributed by atoms with Gasteiger partial charge in [-0.2, -0.15) is 0 Å². The summed E-state index contributed by atoms with van der Waals surface area (Å²) >= 11 is 0. The number of ether oxygens (including phenoxy) is 3. The van der Waals surface area contributed by atoms with Crippen molar-refractivity contribution in [1.29, 1.82) is 0 Å². The third-order valence-electron chi connectivity index (χ3n) is 3.97. The normalized spacial score (nSPS) is 12.8. The number of para-hydroxylation sites is 2. The minimum atomic E-state index is -1.09. The molecule has 0 saturated carbocycles. The predicted molar refractivity (Wildman–Crippen MR) is 82.3 cm³/mol. The Morgan fingerprint density at radius 1 is 0.870 bits per heavy atom. The van der Waals surface area contributed by atoms with Gasteiger partial charge < -0.3 is 14.2 Å². The van der Waals surface area contributed by atoms with Crippen molar-refractivity contribution in [3.63, 3.8) is 0 Å². The van der Waals surface area contributed by atoms with Crippen LogP contribution < -0.4 is 4.74 Å². The quantitative estimate of drug-likeness (QED) is 0.644. The highest BCUT2D eigenvalue weighted by atomic mass is 16.5. The van der Waals surface area contributed by atoms with Crippen LogP contribution in [-0.4, -0.2) is 26.2 Å². The van der Waals surface area contributed by atoms with Crippen LogP contribution in [0.5, 0.6) is 11.5 Å². The van der Waals surface area contributed by atoms with Crippen molar-refractivity contribution >= 4 is 11.9 Å². The number of rotatable bonds is 3. The maximum Gasteiger partial charge on any atom is 0.321 e. The van der Waals surface area contributed by atoms with E-state index in [2.05, 4.69) is 0 Å². The summed E-state index contributed by atoms with van der Waals surface area (Å²) < 4.78 is 15.6. The molecule has 118 valence electrons. The van der Waals surface area contributed by atoms with Crippen molar-refractivity contribution in [2.75, 3.05) is 14.2 Å². The van der Waals surface area contributed by atoms with E-state index in [1.54, 1.807) is 0 Å². The third-order valence-corrected chi connectivity index (χ3v) is 3.97. The van der Waals surface area contributed by atoms with Gasteiger partial charge in [0.1, 0.15) is 11.5 Å². The molecule has 0 spiro atoms. The Labute approximate surface area is 133 Å². The first-order chi connectivity index (χ1) is 11.2. The Morgan fingerprint density at radius 3 is 1.74 bits per heavy atom. The van der Waals surface area contributed by atoms with E-state index in [9.17, 15) is 9.59 Å². The molecule has 1 aliphatic heterocycles. The van der Waals surface area contributed by atoms with Crippen LogP contribution in [-0.2, 0) is 19.1 Å². The molecular weight excluding hydrogens is 296 g/mol. The average molecular weight is 312 g/mol. The molecule has 5 heteroatoms. The number of hydrogen-bond donors (Lipinski definition) is 0. The number of methoxy groups -OCH3 is 2. The predicted octanol–water partition coefficient (Wildman–Crippen LogP) is 2.89.